The zero-order valence-electron chi connectivity index (χ0n) is 13.6. The summed E-state index contributed by atoms with van der Waals surface area (Å²) in [6.45, 7) is 8.89. The molecular formula is C18H28N2O. The number of carbonyl (C=O) groups excluding carboxylic acids is 1. The molecule has 3 nitrogen and oxygen atoms in total. The molecule has 0 aliphatic carbocycles. The molecule has 1 N–H and O–H groups in total. The fourth-order valence-electron chi connectivity index (χ4n) is 2.67. The van der Waals surface area contributed by atoms with Gasteiger partial charge in [-0.25, -0.2) is 0 Å². The molecule has 3 heteroatoms. The fourth-order valence-corrected chi connectivity index (χ4v) is 2.67. The number of hydrogen-bond donors (Lipinski definition) is 1. The van der Waals surface area contributed by atoms with E-state index in [4.69, 9.17) is 0 Å². The Bertz CT molecular complexity index is 445. The summed E-state index contributed by atoms with van der Waals surface area (Å²) in [4.78, 5) is 14.3. The molecule has 0 unspecified atom stereocenters. The van der Waals surface area contributed by atoms with Crippen molar-refractivity contribution in [3.63, 3.8) is 0 Å². The molecule has 0 spiro atoms. The first-order valence-corrected chi connectivity index (χ1v) is 8.19. The van der Waals surface area contributed by atoms with Gasteiger partial charge in [0.05, 0.1) is 0 Å². The van der Waals surface area contributed by atoms with Crippen LogP contribution in [0.2, 0.25) is 0 Å². The molecule has 1 heterocycles. The molecule has 1 aromatic carbocycles. The third-order valence-corrected chi connectivity index (χ3v) is 4.25. The van der Waals surface area contributed by atoms with E-state index < -0.39 is 0 Å². The fraction of sp³-hybridized carbons (Fsp3) is 0.611. The van der Waals surface area contributed by atoms with Crippen LogP contribution in [0.15, 0.2) is 24.3 Å². The Labute approximate surface area is 128 Å². The highest BCUT2D eigenvalue weighted by molar-refractivity contribution is 5.90. The van der Waals surface area contributed by atoms with Crippen molar-refractivity contribution in [2.45, 2.75) is 46.5 Å². The van der Waals surface area contributed by atoms with Gasteiger partial charge in [0.2, 0.25) is 5.91 Å². The van der Waals surface area contributed by atoms with E-state index in [1.54, 1.807) is 0 Å². The number of amides is 1. The predicted octanol–water partition coefficient (Wildman–Crippen LogP) is 4.30. The zero-order valence-corrected chi connectivity index (χ0v) is 13.6. The van der Waals surface area contributed by atoms with Crippen molar-refractivity contribution in [1.82, 2.24) is 0 Å². The maximum absolute atomic E-state index is 11.8. The Kier molecular flexibility index (Phi) is 5.66. The number of nitrogens with zero attached hydrogens (tertiary/aromatic N) is 1. The summed E-state index contributed by atoms with van der Waals surface area (Å²) in [5.74, 6) is 1.53. The van der Waals surface area contributed by atoms with Crippen molar-refractivity contribution in [3.05, 3.63) is 24.3 Å². The van der Waals surface area contributed by atoms with Crippen LogP contribution in [0.4, 0.5) is 11.4 Å². The lowest BCUT2D eigenvalue weighted by atomic mass is 9.99. The lowest BCUT2D eigenvalue weighted by molar-refractivity contribution is -0.116. The second-order valence-corrected chi connectivity index (χ2v) is 6.70. The molecule has 1 aromatic rings. The Balaban J connectivity index is 1.85. The Morgan fingerprint density at radius 1 is 1.24 bits per heavy atom. The molecule has 1 aliphatic heterocycles. The first-order chi connectivity index (χ1) is 10.0. The van der Waals surface area contributed by atoms with E-state index in [0.29, 0.717) is 12.3 Å². The maximum Gasteiger partial charge on any atom is 0.224 e. The molecule has 0 atom stereocenters. The molecule has 1 saturated heterocycles. The van der Waals surface area contributed by atoms with Gasteiger partial charge in [0, 0.05) is 30.9 Å². The summed E-state index contributed by atoms with van der Waals surface area (Å²) in [6.07, 6.45) is 4.08. The van der Waals surface area contributed by atoms with Crippen molar-refractivity contribution in [1.29, 1.82) is 0 Å². The van der Waals surface area contributed by atoms with Crippen LogP contribution in [0.25, 0.3) is 0 Å². The molecule has 0 saturated carbocycles. The zero-order chi connectivity index (χ0) is 15.2. The van der Waals surface area contributed by atoms with E-state index >= 15 is 0 Å². The highest BCUT2D eigenvalue weighted by atomic mass is 16.1. The minimum absolute atomic E-state index is 0.114. The van der Waals surface area contributed by atoms with Gasteiger partial charge in [0.25, 0.3) is 0 Å². The number of anilines is 2. The van der Waals surface area contributed by atoms with Crippen molar-refractivity contribution in [2.75, 3.05) is 23.3 Å². The lowest BCUT2D eigenvalue weighted by Crippen LogP contribution is -2.32. The van der Waals surface area contributed by atoms with Crippen molar-refractivity contribution < 1.29 is 4.79 Å². The van der Waals surface area contributed by atoms with Gasteiger partial charge < -0.3 is 10.2 Å². The van der Waals surface area contributed by atoms with Crippen molar-refractivity contribution in [3.8, 4) is 0 Å². The van der Waals surface area contributed by atoms with Crippen LogP contribution in [-0.4, -0.2) is 19.0 Å². The number of hydrogen-bond acceptors (Lipinski definition) is 2. The van der Waals surface area contributed by atoms with Crippen LogP contribution in [0, 0.1) is 11.8 Å². The second-order valence-electron chi connectivity index (χ2n) is 6.70. The molecule has 2 rings (SSSR count). The molecule has 116 valence electrons. The predicted molar refractivity (Wildman–Crippen MR) is 89.8 cm³/mol. The van der Waals surface area contributed by atoms with E-state index in [1.165, 1.54) is 18.5 Å². The van der Waals surface area contributed by atoms with Gasteiger partial charge in [-0.2, -0.15) is 0 Å². The van der Waals surface area contributed by atoms with Crippen molar-refractivity contribution in [2.24, 2.45) is 11.8 Å². The van der Waals surface area contributed by atoms with Gasteiger partial charge >= 0.3 is 0 Å². The standard InChI is InChI=1S/C18H28N2O/c1-14(2)4-9-18(21)19-16-5-7-17(8-6-16)20-12-10-15(3)11-13-20/h5-8,14-15H,4,9-13H2,1-3H3,(H,19,21). The highest BCUT2D eigenvalue weighted by Gasteiger charge is 2.15. The molecule has 1 fully saturated rings. The van der Waals surface area contributed by atoms with Gasteiger partial charge in [0.15, 0.2) is 0 Å². The van der Waals surface area contributed by atoms with Gasteiger partial charge in [-0.15, -0.1) is 0 Å². The normalized spacial score (nSPS) is 16.3. The lowest BCUT2D eigenvalue weighted by Gasteiger charge is -2.32. The molecule has 1 aliphatic rings. The Hall–Kier alpha value is -1.51. The first kappa shape index (κ1) is 15.9. The van der Waals surface area contributed by atoms with Crippen LogP contribution in [0.5, 0.6) is 0 Å². The summed E-state index contributed by atoms with van der Waals surface area (Å²) in [7, 11) is 0. The van der Waals surface area contributed by atoms with Crippen LogP contribution in [0.1, 0.15) is 46.5 Å². The second kappa shape index (κ2) is 7.48. The van der Waals surface area contributed by atoms with E-state index in [0.717, 1.165) is 31.1 Å². The molecule has 0 bridgehead atoms. The maximum atomic E-state index is 11.8. The molecule has 0 radical (unpaired) electrons. The topological polar surface area (TPSA) is 32.3 Å². The van der Waals surface area contributed by atoms with Gasteiger partial charge in [-0.3, -0.25) is 4.79 Å². The van der Waals surface area contributed by atoms with E-state index in [2.05, 4.69) is 43.1 Å². The third kappa shape index (κ3) is 5.07. The van der Waals surface area contributed by atoms with E-state index in [9.17, 15) is 4.79 Å². The monoisotopic (exact) mass is 288 g/mol. The van der Waals surface area contributed by atoms with Crippen LogP contribution in [0.3, 0.4) is 0 Å². The number of benzene rings is 1. The minimum atomic E-state index is 0.114. The average molecular weight is 288 g/mol. The number of carbonyl (C=O) groups is 1. The molecular weight excluding hydrogens is 260 g/mol. The van der Waals surface area contributed by atoms with Crippen LogP contribution in [-0.2, 0) is 4.79 Å². The summed E-state index contributed by atoms with van der Waals surface area (Å²) < 4.78 is 0. The highest BCUT2D eigenvalue weighted by Crippen LogP contribution is 2.24. The summed E-state index contributed by atoms with van der Waals surface area (Å²) in [5.41, 5.74) is 2.17. The SMILES string of the molecule is CC(C)CCC(=O)Nc1ccc(N2CCC(C)CC2)cc1. The Morgan fingerprint density at radius 2 is 1.86 bits per heavy atom. The van der Waals surface area contributed by atoms with E-state index in [-0.39, 0.29) is 5.91 Å². The quantitative estimate of drug-likeness (QED) is 0.876. The van der Waals surface area contributed by atoms with E-state index in [1.807, 2.05) is 12.1 Å². The van der Waals surface area contributed by atoms with Crippen LogP contribution < -0.4 is 10.2 Å². The summed E-state index contributed by atoms with van der Waals surface area (Å²) in [6, 6.07) is 8.27. The number of rotatable bonds is 5. The van der Waals surface area contributed by atoms with Gasteiger partial charge in [-0.05, 0) is 55.4 Å². The summed E-state index contributed by atoms with van der Waals surface area (Å²) >= 11 is 0. The Morgan fingerprint density at radius 3 is 2.43 bits per heavy atom. The average Bonchev–Trinajstić information content (AvgIpc) is 2.47. The summed E-state index contributed by atoms with van der Waals surface area (Å²) in [5, 5.41) is 2.98. The number of nitrogens with one attached hydrogen (secondary N) is 1. The van der Waals surface area contributed by atoms with Gasteiger partial charge in [0.1, 0.15) is 0 Å². The molecule has 0 aromatic heterocycles. The first-order valence-electron chi connectivity index (χ1n) is 8.19. The number of piperidine rings is 1. The van der Waals surface area contributed by atoms with Crippen LogP contribution >= 0.6 is 0 Å². The van der Waals surface area contributed by atoms with Crippen molar-refractivity contribution >= 4 is 17.3 Å². The minimum Gasteiger partial charge on any atom is -0.372 e. The largest absolute Gasteiger partial charge is 0.372 e. The van der Waals surface area contributed by atoms with Gasteiger partial charge in [-0.1, -0.05) is 20.8 Å². The molecule has 21 heavy (non-hydrogen) atoms. The molecule has 1 amide bonds. The third-order valence-electron chi connectivity index (χ3n) is 4.25. The smallest absolute Gasteiger partial charge is 0.224 e.